The Morgan fingerprint density at radius 3 is 2.38 bits per heavy atom. The SMILES string of the molecule is CCCC(CC)NCCN(C)CC. The van der Waals surface area contributed by atoms with Crippen molar-refractivity contribution < 1.29 is 0 Å². The lowest BCUT2D eigenvalue weighted by atomic mass is 10.1. The Morgan fingerprint density at radius 2 is 1.92 bits per heavy atom. The van der Waals surface area contributed by atoms with E-state index in [9.17, 15) is 0 Å². The molecule has 13 heavy (non-hydrogen) atoms. The average Bonchev–Trinajstić information content (AvgIpc) is 2.16. The molecule has 0 fully saturated rings. The van der Waals surface area contributed by atoms with Gasteiger partial charge in [-0.15, -0.1) is 0 Å². The van der Waals surface area contributed by atoms with Crippen molar-refractivity contribution in [2.24, 2.45) is 0 Å². The fraction of sp³-hybridized carbons (Fsp3) is 1.00. The first kappa shape index (κ1) is 12.9. The molecule has 80 valence electrons. The molecule has 0 aliphatic rings. The second kappa shape index (κ2) is 8.52. The largest absolute Gasteiger partial charge is 0.313 e. The maximum absolute atomic E-state index is 3.59. The van der Waals surface area contributed by atoms with Crippen molar-refractivity contribution in [2.45, 2.75) is 46.1 Å². The summed E-state index contributed by atoms with van der Waals surface area (Å²) in [6, 6.07) is 0.732. The first-order chi connectivity index (χ1) is 6.24. The van der Waals surface area contributed by atoms with Crippen molar-refractivity contribution in [2.75, 3.05) is 26.7 Å². The van der Waals surface area contributed by atoms with Crippen molar-refractivity contribution >= 4 is 0 Å². The predicted molar refractivity (Wildman–Crippen MR) is 60.2 cm³/mol. The summed E-state index contributed by atoms with van der Waals surface area (Å²) in [5.41, 5.74) is 0. The number of hydrogen-bond acceptors (Lipinski definition) is 2. The molecule has 2 nitrogen and oxygen atoms in total. The summed E-state index contributed by atoms with van der Waals surface area (Å²) in [7, 11) is 2.17. The third kappa shape index (κ3) is 7.03. The molecule has 0 aromatic carbocycles. The molecular formula is C11H26N2. The predicted octanol–water partition coefficient (Wildman–Crippen LogP) is 2.11. The van der Waals surface area contributed by atoms with E-state index in [0.717, 1.165) is 25.7 Å². The van der Waals surface area contributed by atoms with E-state index in [1.54, 1.807) is 0 Å². The molecule has 0 saturated heterocycles. The number of nitrogens with zero attached hydrogens (tertiary/aromatic N) is 1. The van der Waals surface area contributed by atoms with Crippen molar-refractivity contribution in [1.29, 1.82) is 0 Å². The molecular weight excluding hydrogens is 160 g/mol. The highest BCUT2D eigenvalue weighted by Crippen LogP contribution is 1.99. The molecule has 0 aromatic heterocycles. The number of hydrogen-bond donors (Lipinski definition) is 1. The summed E-state index contributed by atoms with van der Waals surface area (Å²) < 4.78 is 0. The van der Waals surface area contributed by atoms with Gasteiger partial charge >= 0.3 is 0 Å². The number of nitrogens with one attached hydrogen (secondary N) is 1. The van der Waals surface area contributed by atoms with Crippen LogP contribution in [0.2, 0.25) is 0 Å². The molecule has 0 heterocycles. The number of likely N-dealkylation sites (N-methyl/N-ethyl adjacent to an activating group) is 1. The molecule has 1 atom stereocenters. The molecule has 2 heteroatoms. The van der Waals surface area contributed by atoms with E-state index in [4.69, 9.17) is 0 Å². The average molecular weight is 186 g/mol. The summed E-state index contributed by atoms with van der Waals surface area (Å²) >= 11 is 0. The molecule has 0 rings (SSSR count). The molecule has 0 radical (unpaired) electrons. The third-order valence-electron chi connectivity index (χ3n) is 2.60. The molecule has 0 bridgehead atoms. The summed E-state index contributed by atoms with van der Waals surface area (Å²) in [4.78, 5) is 2.34. The van der Waals surface area contributed by atoms with Crippen LogP contribution in [0.1, 0.15) is 40.0 Å². The van der Waals surface area contributed by atoms with Crippen molar-refractivity contribution in [3.05, 3.63) is 0 Å². The van der Waals surface area contributed by atoms with Crippen LogP contribution in [0.25, 0.3) is 0 Å². The summed E-state index contributed by atoms with van der Waals surface area (Å²) in [5.74, 6) is 0. The van der Waals surface area contributed by atoms with Crippen LogP contribution in [-0.4, -0.2) is 37.6 Å². The minimum absolute atomic E-state index is 0.732. The van der Waals surface area contributed by atoms with Gasteiger partial charge in [-0.2, -0.15) is 0 Å². The minimum Gasteiger partial charge on any atom is -0.313 e. The zero-order valence-electron chi connectivity index (χ0n) is 9.77. The second-order valence-corrected chi connectivity index (χ2v) is 3.74. The quantitative estimate of drug-likeness (QED) is 0.624. The summed E-state index contributed by atoms with van der Waals surface area (Å²) in [6.07, 6.45) is 3.85. The van der Waals surface area contributed by atoms with Crippen LogP contribution in [-0.2, 0) is 0 Å². The van der Waals surface area contributed by atoms with Crippen LogP contribution in [0, 0.1) is 0 Å². The lowest BCUT2D eigenvalue weighted by molar-refractivity contribution is 0.333. The van der Waals surface area contributed by atoms with E-state index >= 15 is 0 Å². The standard InChI is InChI=1S/C11H26N2/c1-5-8-11(6-2)12-9-10-13(4)7-3/h11-12H,5-10H2,1-4H3. The van der Waals surface area contributed by atoms with Crippen LogP contribution < -0.4 is 5.32 Å². The van der Waals surface area contributed by atoms with E-state index in [2.05, 4.69) is 38.0 Å². The third-order valence-corrected chi connectivity index (χ3v) is 2.60. The van der Waals surface area contributed by atoms with Gasteiger partial charge in [-0.1, -0.05) is 27.2 Å². The first-order valence-electron chi connectivity index (χ1n) is 5.66. The van der Waals surface area contributed by atoms with Crippen molar-refractivity contribution in [3.8, 4) is 0 Å². The van der Waals surface area contributed by atoms with E-state index in [-0.39, 0.29) is 0 Å². The van der Waals surface area contributed by atoms with Gasteiger partial charge in [0.05, 0.1) is 0 Å². The Bertz CT molecular complexity index is 104. The normalized spacial score (nSPS) is 13.6. The molecule has 0 amide bonds. The van der Waals surface area contributed by atoms with Gasteiger partial charge in [-0.05, 0) is 26.4 Å². The van der Waals surface area contributed by atoms with Crippen LogP contribution in [0.15, 0.2) is 0 Å². The molecule has 0 aromatic rings. The highest BCUT2D eigenvalue weighted by molar-refractivity contribution is 4.64. The molecule has 0 aliphatic carbocycles. The van der Waals surface area contributed by atoms with E-state index in [0.29, 0.717) is 0 Å². The van der Waals surface area contributed by atoms with Crippen LogP contribution in [0.3, 0.4) is 0 Å². The molecule has 0 spiro atoms. The van der Waals surface area contributed by atoms with Crippen molar-refractivity contribution in [3.63, 3.8) is 0 Å². The van der Waals surface area contributed by atoms with Crippen LogP contribution in [0.5, 0.6) is 0 Å². The number of rotatable bonds is 8. The summed E-state index contributed by atoms with van der Waals surface area (Å²) in [6.45, 7) is 10.1. The Labute approximate surface area is 83.7 Å². The highest BCUT2D eigenvalue weighted by atomic mass is 15.1. The first-order valence-corrected chi connectivity index (χ1v) is 5.66. The summed E-state index contributed by atoms with van der Waals surface area (Å²) in [5, 5.41) is 3.59. The Kier molecular flexibility index (Phi) is 8.46. The molecule has 0 saturated carbocycles. The van der Waals surface area contributed by atoms with Crippen LogP contribution in [0.4, 0.5) is 0 Å². The second-order valence-electron chi connectivity index (χ2n) is 3.74. The van der Waals surface area contributed by atoms with Gasteiger partial charge in [-0.3, -0.25) is 0 Å². The van der Waals surface area contributed by atoms with Gasteiger partial charge in [0, 0.05) is 19.1 Å². The maximum atomic E-state index is 3.59. The van der Waals surface area contributed by atoms with E-state index < -0.39 is 0 Å². The van der Waals surface area contributed by atoms with Gasteiger partial charge in [0.15, 0.2) is 0 Å². The zero-order valence-corrected chi connectivity index (χ0v) is 9.77. The van der Waals surface area contributed by atoms with Gasteiger partial charge in [0.2, 0.25) is 0 Å². The van der Waals surface area contributed by atoms with Crippen LogP contribution >= 0.6 is 0 Å². The van der Waals surface area contributed by atoms with E-state index in [1.165, 1.54) is 19.3 Å². The molecule has 0 aliphatic heterocycles. The van der Waals surface area contributed by atoms with Gasteiger partial charge < -0.3 is 10.2 Å². The smallest absolute Gasteiger partial charge is 0.0104 e. The van der Waals surface area contributed by atoms with E-state index in [1.807, 2.05) is 0 Å². The Hall–Kier alpha value is -0.0800. The topological polar surface area (TPSA) is 15.3 Å². The molecule has 1 N–H and O–H groups in total. The van der Waals surface area contributed by atoms with Crippen molar-refractivity contribution in [1.82, 2.24) is 10.2 Å². The molecule has 1 unspecified atom stereocenters. The fourth-order valence-corrected chi connectivity index (χ4v) is 1.42. The van der Waals surface area contributed by atoms with Gasteiger partial charge in [0.1, 0.15) is 0 Å². The fourth-order valence-electron chi connectivity index (χ4n) is 1.42. The maximum Gasteiger partial charge on any atom is 0.0104 e. The lowest BCUT2D eigenvalue weighted by Crippen LogP contribution is -2.35. The zero-order chi connectivity index (χ0) is 10.1. The Balaban J connectivity index is 3.37. The minimum atomic E-state index is 0.732. The lowest BCUT2D eigenvalue weighted by Gasteiger charge is -2.19. The van der Waals surface area contributed by atoms with Gasteiger partial charge in [0.25, 0.3) is 0 Å². The Morgan fingerprint density at radius 1 is 1.23 bits per heavy atom. The van der Waals surface area contributed by atoms with Gasteiger partial charge in [-0.25, -0.2) is 0 Å². The monoisotopic (exact) mass is 186 g/mol. The highest BCUT2D eigenvalue weighted by Gasteiger charge is 2.03.